The highest BCUT2D eigenvalue weighted by Gasteiger charge is 2.32. The number of aliphatic hydroxyl groups excluding tert-OH is 1. The monoisotopic (exact) mass is 424 g/mol. The number of para-hydroxylation sites is 1. The molecule has 8 nitrogen and oxygen atoms in total. The van der Waals surface area contributed by atoms with Crippen LogP contribution < -0.4 is 10.5 Å². The normalized spacial score (nSPS) is 18.0. The first kappa shape index (κ1) is 18.7. The molecule has 0 aliphatic heterocycles. The Hall–Kier alpha value is -4.04. The first-order chi connectivity index (χ1) is 15.7. The third-order valence-electron chi connectivity index (χ3n) is 5.90. The molecule has 2 aromatic carbocycles. The van der Waals surface area contributed by atoms with E-state index in [1.165, 1.54) is 6.33 Å². The van der Waals surface area contributed by atoms with E-state index in [0.717, 1.165) is 28.0 Å². The summed E-state index contributed by atoms with van der Waals surface area (Å²) < 4.78 is 7.93. The molecule has 1 fully saturated rings. The lowest BCUT2D eigenvalue weighted by molar-refractivity contribution is 0.0452. The quantitative estimate of drug-likeness (QED) is 0.446. The van der Waals surface area contributed by atoms with Gasteiger partial charge in [-0.05, 0) is 43.2 Å². The lowest BCUT2D eigenvalue weighted by Crippen LogP contribution is -2.31. The third-order valence-corrected chi connectivity index (χ3v) is 5.90. The summed E-state index contributed by atoms with van der Waals surface area (Å²) in [7, 11) is 0. The van der Waals surface area contributed by atoms with Gasteiger partial charge in [0.15, 0.2) is 5.65 Å². The molecule has 158 valence electrons. The largest absolute Gasteiger partial charge is 0.457 e. The number of hydrogen-bond donors (Lipinski definition) is 2. The second kappa shape index (κ2) is 7.28. The number of nitrogen functional groups attached to an aromatic ring is 1. The summed E-state index contributed by atoms with van der Waals surface area (Å²) in [4.78, 5) is 13.1. The van der Waals surface area contributed by atoms with Gasteiger partial charge in [0.25, 0.3) is 0 Å². The van der Waals surface area contributed by atoms with Crippen molar-refractivity contribution in [2.45, 2.75) is 25.0 Å². The molecular weight excluding hydrogens is 404 g/mol. The Morgan fingerprint density at radius 1 is 1.00 bits per heavy atom. The fourth-order valence-electron chi connectivity index (χ4n) is 4.18. The summed E-state index contributed by atoms with van der Waals surface area (Å²) in [5.41, 5.74) is 9.27. The second-order valence-electron chi connectivity index (χ2n) is 7.99. The predicted octanol–water partition coefficient (Wildman–Crippen LogP) is 4.11. The maximum Gasteiger partial charge on any atom is 0.164 e. The molecule has 5 aromatic rings. The molecule has 3 N–H and O–H groups in total. The molecule has 0 radical (unpaired) electrons. The van der Waals surface area contributed by atoms with Crippen molar-refractivity contribution in [1.82, 2.24) is 24.7 Å². The smallest absolute Gasteiger partial charge is 0.164 e. The Morgan fingerprint density at radius 2 is 1.84 bits per heavy atom. The average molecular weight is 424 g/mol. The van der Waals surface area contributed by atoms with Gasteiger partial charge in [-0.1, -0.05) is 24.3 Å². The van der Waals surface area contributed by atoms with E-state index in [9.17, 15) is 5.11 Å². The van der Waals surface area contributed by atoms with Gasteiger partial charge in [0.1, 0.15) is 29.3 Å². The molecule has 6 rings (SSSR count). The minimum Gasteiger partial charge on any atom is -0.457 e. The first-order valence-electron chi connectivity index (χ1n) is 10.5. The van der Waals surface area contributed by atoms with E-state index in [1.54, 1.807) is 6.20 Å². The van der Waals surface area contributed by atoms with Crippen molar-refractivity contribution in [3.8, 4) is 22.8 Å². The zero-order chi connectivity index (χ0) is 21.7. The maximum absolute atomic E-state index is 9.76. The van der Waals surface area contributed by atoms with Crippen LogP contribution in [-0.4, -0.2) is 35.9 Å². The van der Waals surface area contributed by atoms with Crippen molar-refractivity contribution in [3.05, 3.63) is 67.1 Å². The van der Waals surface area contributed by atoms with Crippen LogP contribution in [0.3, 0.4) is 0 Å². The molecule has 0 saturated heterocycles. The standard InChI is InChI=1S/C24H20N6O2/c25-23-21-22(29-30(15-11-16(31)12-15)24(21)28-13-27-23)14-6-7-18-19(10-14)26-9-8-20(18)32-17-4-2-1-3-5-17/h1-10,13,15-16,31H,11-12H2,(H2,25,27,28). The van der Waals surface area contributed by atoms with Crippen LogP contribution in [0.15, 0.2) is 67.1 Å². The van der Waals surface area contributed by atoms with Crippen LogP contribution in [0.1, 0.15) is 18.9 Å². The third kappa shape index (κ3) is 3.04. The highest BCUT2D eigenvalue weighted by molar-refractivity contribution is 6.00. The van der Waals surface area contributed by atoms with Crippen LogP contribution in [0.4, 0.5) is 5.82 Å². The Kier molecular flexibility index (Phi) is 4.26. The van der Waals surface area contributed by atoms with Gasteiger partial charge < -0.3 is 15.6 Å². The molecule has 8 heteroatoms. The van der Waals surface area contributed by atoms with Crippen LogP contribution >= 0.6 is 0 Å². The molecular formula is C24H20N6O2. The van der Waals surface area contributed by atoms with E-state index in [0.29, 0.717) is 35.4 Å². The summed E-state index contributed by atoms with van der Waals surface area (Å²) in [6.07, 6.45) is 4.19. The number of rotatable bonds is 4. The van der Waals surface area contributed by atoms with Gasteiger partial charge in [0.05, 0.1) is 23.0 Å². The van der Waals surface area contributed by atoms with Crippen molar-refractivity contribution in [2.24, 2.45) is 0 Å². The fraction of sp³-hybridized carbons (Fsp3) is 0.167. The number of hydrogen-bond acceptors (Lipinski definition) is 7. The second-order valence-corrected chi connectivity index (χ2v) is 7.99. The SMILES string of the molecule is Nc1ncnc2c1c(-c1ccc3c(Oc4ccccc4)ccnc3c1)nn2C1CC(O)C1. The number of pyridine rings is 1. The van der Waals surface area contributed by atoms with Crippen LogP contribution in [0.2, 0.25) is 0 Å². The molecule has 3 heterocycles. The number of nitrogens with zero attached hydrogens (tertiary/aromatic N) is 5. The molecule has 0 spiro atoms. The van der Waals surface area contributed by atoms with Crippen molar-refractivity contribution >= 4 is 27.8 Å². The van der Waals surface area contributed by atoms with Crippen molar-refractivity contribution < 1.29 is 9.84 Å². The van der Waals surface area contributed by atoms with E-state index in [4.69, 9.17) is 15.6 Å². The number of anilines is 1. The highest BCUT2D eigenvalue weighted by Crippen LogP contribution is 2.39. The van der Waals surface area contributed by atoms with E-state index < -0.39 is 0 Å². The van der Waals surface area contributed by atoms with Crippen molar-refractivity contribution in [1.29, 1.82) is 0 Å². The van der Waals surface area contributed by atoms with Crippen LogP contribution in [-0.2, 0) is 0 Å². The average Bonchev–Trinajstić information content (AvgIpc) is 3.18. The molecule has 3 aromatic heterocycles. The maximum atomic E-state index is 9.76. The van der Waals surface area contributed by atoms with Gasteiger partial charge in [0, 0.05) is 17.1 Å². The zero-order valence-corrected chi connectivity index (χ0v) is 17.1. The number of ether oxygens (including phenoxy) is 1. The lowest BCUT2D eigenvalue weighted by atomic mass is 9.90. The summed E-state index contributed by atoms with van der Waals surface area (Å²) in [6, 6.07) is 17.5. The molecule has 1 aliphatic rings. The van der Waals surface area contributed by atoms with Crippen LogP contribution in [0.25, 0.3) is 33.2 Å². The fourth-order valence-corrected chi connectivity index (χ4v) is 4.18. The molecule has 0 amide bonds. The Labute approximate surface area is 183 Å². The van der Waals surface area contributed by atoms with Crippen molar-refractivity contribution in [2.75, 3.05) is 5.73 Å². The zero-order valence-electron chi connectivity index (χ0n) is 17.1. The van der Waals surface area contributed by atoms with E-state index in [2.05, 4.69) is 15.0 Å². The molecule has 0 atom stereocenters. The molecule has 0 unspecified atom stereocenters. The Bertz CT molecular complexity index is 1440. The Morgan fingerprint density at radius 3 is 2.66 bits per heavy atom. The topological polar surface area (TPSA) is 112 Å². The van der Waals surface area contributed by atoms with Gasteiger partial charge in [-0.3, -0.25) is 4.98 Å². The first-order valence-corrected chi connectivity index (χ1v) is 10.5. The minimum absolute atomic E-state index is 0.0972. The predicted molar refractivity (Wildman–Crippen MR) is 121 cm³/mol. The number of aliphatic hydroxyl groups is 1. The number of benzene rings is 2. The molecule has 32 heavy (non-hydrogen) atoms. The van der Waals surface area contributed by atoms with Crippen LogP contribution in [0.5, 0.6) is 11.5 Å². The van der Waals surface area contributed by atoms with Crippen molar-refractivity contribution in [3.63, 3.8) is 0 Å². The van der Waals surface area contributed by atoms with Gasteiger partial charge in [-0.15, -0.1) is 0 Å². The minimum atomic E-state index is -0.296. The molecule has 0 bridgehead atoms. The van der Waals surface area contributed by atoms with Gasteiger partial charge >= 0.3 is 0 Å². The highest BCUT2D eigenvalue weighted by atomic mass is 16.5. The summed E-state index contributed by atoms with van der Waals surface area (Å²) in [5.74, 6) is 1.88. The Balaban J connectivity index is 1.46. The number of nitrogens with two attached hydrogens (primary N) is 1. The number of aromatic nitrogens is 5. The van der Waals surface area contributed by atoms with Gasteiger partial charge in [-0.25, -0.2) is 14.6 Å². The molecule has 1 aliphatic carbocycles. The van der Waals surface area contributed by atoms with Gasteiger partial charge in [0.2, 0.25) is 0 Å². The number of fused-ring (bicyclic) bond motifs is 2. The van der Waals surface area contributed by atoms with Crippen LogP contribution in [0, 0.1) is 0 Å². The van der Waals surface area contributed by atoms with E-state index >= 15 is 0 Å². The molecule has 1 saturated carbocycles. The van der Waals surface area contributed by atoms with E-state index in [1.807, 2.05) is 59.3 Å². The summed E-state index contributed by atoms with van der Waals surface area (Å²) in [6.45, 7) is 0. The summed E-state index contributed by atoms with van der Waals surface area (Å²) >= 11 is 0. The lowest BCUT2D eigenvalue weighted by Gasteiger charge is -2.31. The van der Waals surface area contributed by atoms with E-state index in [-0.39, 0.29) is 12.1 Å². The van der Waals surface area contributed by atoms with Gasteiger partial charge in [-0.2, -0.15) is 5.10 Å². The summed E-state index contributed by atoms with van der Waals surface area (Å²) in [5, 5.41) is 16.2.